The summed E-state index contributed by atoms with van der Waals surface area (Å²) in [6, 6.07) is 6.04. The van der Waals surface area contributed by atoms with E-state index < -0.39 is 0 Å². The van der Waals surface area contributed by atoms with Gasteiger partial charge < -0.3 is 0 Å². The molecule has 0 atom stereocenters. The lowest BCUT2D eigenvalue weighted by Crippen LogP contribution is -2.12. The monoisotopic (exact) mass is 246 g/mol. The second-order valence-corrected chi connectivity index (χ2v) is 5.39. The average Bonchev–Trinajstić information content (AvgIpc) is 2.29. The van der Waals surface area contributed by atoms with Gasteiger partial charge in [0.2, 0.25) is 0 Å². The fourth-order valence-corrected chi connectivity index (χ4v) is 2.25. The molecule has 0 unspecified atom stereocenters. The molecule has 0 bridgehead atoms. The van der Waals surface area contributed by atoms with Gasteiger partial charge in [0, 0.05) is 18.0 Å². The number of aromatic nitrogens is 2. The first kappa shape index (κ1) is 12.1. The van der Waals surface area contributed by atoms with Crippen molar-refractivity contribution in [3.63, 3.8) is 0 Å². The van der Waals surface area contributed by atoms with E-state index in [9.17, 15) is 0 Å². The Morgan fingerprint density at radius 2 is 1.88 bits per heavy atom. The van der Waals surface area contributed by atoms with Crippen LogP contribution in [0.25, 0.3) is 11.3 Å². The van der Waals surface area contributed by atoms with Gasteiger partial charge in [-0.2, -0.15) is 0 Å². The number of nitrogens with zero attached hydrogens (tertiary/aromatic N) is 2. The zero-order valence-electron chi connectivity index (χ0n) is 10.2. The van der Waals surface area contributed by atoms with Gasteiger partial charge in [-0.05, 0) is 11.0 Å². The number of rotatable bonds is 1. The fraction of sp³-hybridized carbons (Fsp3) is 0.286. The minimum atomic E-state index is 0.0231. The summed E-state index contributed by atoms with van der Waals surface area (Å²) in [5, 5.41) is 0.764. The third kappa shape index (κ3) is 2.47. The van der Waals surface area contributed by atoms with Crippen LogP contribution in [-0.2, 0) is 5.41 Å². The van der Waals surface area contributed by atoms with Gasteiger partial charge in [-0.1, -0.05) is 50.6 Å². The predicted octanol–water partition coefficient (Wildman–Crippen LogP) is 4.09. The van der Waals surface area contributed by atoms with Crippen molar-refractivity contribution in [3.8, 4) is 11.3 Å². The highest BCUT2D eigenvalue weighted by molar-refractivity contribution is 6.34. The zero-order chi connectivity index (χ0) is 12.5. The summed E-state index contributed by atoms with van der Waals surface area (Å²) in [6.45, 7) is 6.44. The molecular weight excluding hydrogens is 232 g/mol. The van der Waals surface area contributed by atoms with Crippen molar-refractivity contribution in [1.82, 2.24) is 9.97 Å². The molecule has 0 spiro atoms. The summed E-state index contributed by atoms with van der Waals surface area (Å²) in [4.78, 5) is 8.36. The molecule has 1 aromatic carbocycles. The van der Waals surface area contributed by atoms with Crippen LogP contribution in [0.4, 0.5) is 0 Å². The third-order valence-electron chi connectivity index (χ3n) is 2.65. The predicted molar refractivity (Wildman–Crippen MR) is 71.2 cm³/mol. The number of hydrogen-bond donors (Lipinski definition) is 0. The maximum atomic E-state index is 6.46. The summed E-state index contributed by atoms with van der Waals surface area (Å²) in [7, 11) is 0. The average molecular weight is 247 g/mol. The number of benzene rings is 1. The molecule has 0 aliphatic rings. The highest BCUT2D eigenvalue weighted by atomic mass is 35.5. The van der Waals surface area contributed by atoms with Crippen LogP contribution in [0.3, 0.4) is 0 Å². The van der Waals surface area contributed by atoms with Crippen molar-refractivity contribution in [3.05, 3.63) is 47.4 Å². The maximum absolute atomic E-state index is 6.46. The molecule has 3 heteroatoms. The van der Waals surface area contributed by atoms with Gasteiger partial charge in [0.05, 0.1) is 16.9 Å². The Balaban J connectivity index is 2.58. The smallest absolute Gasteiger partial charge is 0.0900 e. The van der Waals surface area contributed by atoms with Gasteiger partial charge in [0.15, 0.2) is 0 Å². The molecule has 0 radical (unpaired) electrons. The molecule has 0 aliphatic carbocycles. The second-order valence-electron chi connectivity index (χ2n) is 5.01. The molecule has 1 aromatic heterocycles. The zero-order valence-corrected chi connectivity index (χ0v) is 11.0. The molecule has 0 aliphatic heterocycles. The topological polar surface area (TPSA) is 25.8 Å². The van der Waals surface area contributed by atoms with Gasteiger partial charge in [0.25, 0.3) is 0 Å². The highest BCUT2D eigenvalue weighted by Gasteiger charge is 2.19. The summed E-state index contributed by atoms with van der Waals surface area (Å²) in [5.41, 5.74) is 2.90. The Bertz CT molecular complexity index is 515. The Kier molecular flexibility index (Phi) is 3.16. The van der Waals surface area contributed by atoms with Crippen LogP contribution in [0, 0.1) is 0 Å². The first-order valence-electron chi connectivity index (χ1n) is 5.55. The molecule has 1 heterocycles. The Hall–Kier alpha value is -1.41. The normalized spacial score (nSPS) is 11.5. The molecular formula is C14H15ClN2. The first-order valence-corrected chi connectivity index (χ1v) is 5.93. The van der Waals surface area contributed by atoms with Crippen LogP contribution < -0.4 is 0 Å². The quantitative estimate of drug-likeness (QED) is 0.757. The lowest BCUT2D eigenvalue weighted by atomic mass is 9.86. The minimum absolute atomic E-state index is 0.0231. The Labute approximate surface area is 107 Å². The standard InChI is InChI=1S/C14H15ClN2/c1-14(2,3)11-6-4-5-10(13(11)15)12-9-16-7-8-17-12/h4-9H,1-3H3. The molecule has 0 amide bonds. The summed E-state index contributed by atoms with van der Waals surface area (Å²) in [6.07, 6.45) is 5.06. The molecule has 2 nitrogen and oxygen atoms in total. The lowest BCUT2D eigenvalue weighted by molar-refractivity contribution is 0.590. The van der Waals surface area contributed by atoms with E-state index in [0.717, 1.165) is 21.8 Å². The molecule has 0 N–H and O–H groups in total. The molecule has 2 aromatic rings. The summed E-state index contributed by atoms with van der Waals surface area (Å²) < 4.78 is 0. The van der Waals surface area contributed by atoms with Crippen LogP contribution in [0.2, 0.25) is 5.02 Å². The Morgan fingerprint density at radius 3 is 2.47 bits per heavy atom. The van der Waals surface area contributed by atoms with Crippen molar-refractivity contribution in [1.29, 1.82) is 0 Å². The van der Waals surface area contributed by atoms with Gasteiger partial charge in [-0.25, -0.2) is 0 Å². The molecule has 0 saturated carbocycles. The Morgan fingerprint density at radius 1 is 1.12 bits per heavy atom. The van der Waals surface area contributed by atoms with Crippen molar-refractivity contribution < 1.29 is 0 Å². The molecule has 88 valence electrons. The van der Waals surface area contributed by atoms with Crippen LogP contribution in [0.5, 0.6) is 0 Å². The van der Waals surface area contributed by atoms with Crippen molar-refractivity contribution in [2.45, 2.75) is 26.2 Å². The van der Waals surface area contributed by atoms with E-state index in [1.807, 2.05) is 12.1 Å². The lowest BCUT2D eigenvalue weighted by Gasteiger charge is -2.21. The van der Waals surface area contributed by atoms with E-state index in [0.29, 0.717) is 0 Å². The van der Waals surface area contributed by atoms with E-state index in [2.05, 4.69) is 36.8 Å². The first-order chi connectivity index (χ1) is 8.00. The van der Waals surface area contributed by atoms with E-state index in [1.54, 1.807) is 18.6 Å². The van der Waals surface area contributed by atoms with Crippen molar-refractivity contribution in [2.24, 2.45) is 0 Å². The van der Waals surface area contributed by atoms with Crippen LogP contribution in [-0.4, -0.2) is 9.97 Å². The van der Waals surface area contributed by atoms with Crippen LogP contribution in [0.15, 0.2) is 36.8 Å². The van der Waals surface area contributed by atoms with Crippen LogP contribution in [0.1, 0.15) is 26.3 Å². The van der Waals surface area contributed by atoms with Crippen molar-refractivity contribution in [2.75, 3.05) is 0 Å². The number of hydrogen-bond acceptors (Lipinski definition) is 2. The van der Waals surface area contributed by atoms with E-state index in [4.69, 9.17) is 11.6 Å². The maximum Gasteiger partial charge on any atom is 0.0900 e. The molecule has 17 heavy (non-hydrogen) atoms. The third-order valence-corrected chi connectivity index (χ3v) is 3.05. The van der Waals surface area contributed by atoms with E-state index in [-0.39, 0.29) is 5.41 Å². The van der Waals surface area contributed by atoms with Crippen LogP contribution >= 0.6 is 11.6 Å². The highest BCUT2D eigenvalue weighted by Crippen LogP contribution is 2.35. The minimum Gasteiger partial charge on any atom is -0.261 e. The molecule has 0 saturated heterocycles. The SMILES string of the molecule is CC(C)(C)c1cccc(-c2cnccn2)c1Cl. The fourth-order valence-electron chi connectivity index (χ4n) is 1.75. The van der Waals surface area contributed by atoms with Gasteiger partial charge >= 0.3 is 0 Å². The van der Waals surface area contributed by atoms with Gasteiger partial charge in [-0.3, -0.25) is 9.97 Å². The molecule has 2 rings (SSSR count). The number of halogens is 1. The van der Waals surface area contributed by atoms with Gasteiger partial charge in [0.1, 0.15) is 0 Å². The molecule has 0 fully saturated rings. The van der Waals surface area contributed by atoms with E-state index >= 15 is 0 Å². The summed E-state index contributed by atoms with van der Waals surface area (Å²) >= 11 is 6.46. The van der Waals surface area contributed by atoms with Crippen molar-refractivity contribution >= 4 is 11.6 Å². The largest absolute Gasteiger partial charge is 0.261 e. The second kappa shape index (κ2) is 4.46. The van der Waals surface area contributed by atoms with E-state index in [1.165, 1.54) is 0 Å². The van der Waals surface area contributed by atoms with Gasteiger partial charge in [-0.15, -0.1) is 0 Å². The summed E-state index contributed by atoms with van der Waals surface area (Å²) in [5.74, 6) is 0.